The van der Waals surface area contributed by atoms with Gasteiger partial charge in [-0.05, 0) is 0 Å². The molecule has 0 aromatic carbocycles. The maximum absolute atomic E-state index is 8.60. The fraction of sp³-hybridized carbons (Fsp3) is 0. The Balaban J connectivity index is -0.0000000450. The Kier molecular flexibility index (Phi) is 36.8. The standard InChI is InChI=1S/La.3Nb.9O/q+3;;;;;;;;;;3*-1. The van der Waals surface area contributed by atoms with E-state index in [1.165, 1.54) is 0 Å². The van der Waals surface area contributed by atoms with Crippen LogP contribution in [0, 0.1) is 35.6 Å². The second kappa shape index (κ2) is 19.6. The third kappa shape index (κ3) is 470. The number of hydrogen-bond donors (Lipinski definition) is 0. The van der Waals surface area contributed by atoms with Crippen molar-refractivity contribution in [3.8, 4) is 0 Å². The molecule has 0 heterocycles. The molecule has 0 fully saturated rings. The van der Waals surface area contributed by atoms with Gasteiger partial charge in [-0.25, -0.2) is 0 Å². The molecule has 0 saturated heterocycles. The summed E-state index contributed by atoms with van der Waals surface area (Å²) in [6.45, 7) is 0. The van der Waals surface area contributed by atoms with Crippen LogP contribution >= 0.6 is 0 Å². The van der Waals surface area contributed by atoms with Gasteiger partial charge in [0.15, 0.2) is 0 Å². The zero-order valence-corrected chi connectivity index (χ0v) is 15.8. The molecule has 0 rings (SSSR count). The monoisotopic (exact) mass is 562 g/mol. The zero-order valence-electron chi connectivity index (χ0n) is 5.59. The van der Waals surface area contributed by atoms with Gasteiger partial charge in [0.25, 0.3) is 0 Å². The maximum atomic E-state index is 8.60. The molecule has 0 atom stereocenters. The molecule has 0 aliphatic rings. The van der Waals surface area contributed by atoms with Crippen LogP contribution in [0.25, 0.3) is 0 Å². The van der Waals surface area contributed by atoms with E-state index in [0.29, 0.717) is 0 Å². The Morgan fingerprint density at radius 2 is 0.538 bits per heavy atom. The molecular weight excluding hydrogens is 562 g/mol. The first-order valence-electron chi connectivity index (χ1n) is 1.64. The van der Waals surface area contributed by atoms with Crippen molar-refractivity contribution in [2.45, 2.75) is 0 Å². The van der Waals surface area contributed by atoms with E-state index < -0.39 is 56.4 Å². The van der Waals surface area contributed by atoms with Crippen molar-refractivity contribution in [3.63, 3.8) is 0 Å². The van der Waals surface area contributed by atoms with E-state index in [1.807, 2.05) is 0 Å². The Hall–Kier alpha value is 2.10. The Labute approximate surface area is 120 Å². The van der Waals surface area contributed by atoms with Gasteiger partial charge in [-0.1, -0.05) is 0 Å². The van der Waals surface area contributed by atoms with Crippen molar-refractivity contribution < 1.29 is 122 Å². The Morgan fingerprint density at radius 1 is 0.538 bits per heavy atom. The summed E-state index contributed by atoms with van der Waals surface area (Å²) in [7, 11) is 0. The molecule has 0 saturated carbocycles. The van der Waals surface area contributed by atoms with Gasteiger partial charge >= 0.3 is 122 Å². The minimum atomic E-state index is -4.20. The number of rotatable bonds is 0. The third-order valence-corrected chi connectivity index (χ3v) is 0. The van der Waals surface area contributed by atoms with E-state index in [-0.39, 0.29) is 35.6 Å². The normalized spacial score (nSPS) is 5.77. The van der Waals surface area contributed by atoms with Gasteiger partial charge in [0, 0.05) is 0 Å². The SMILES string of the molecule is [La+3].[O]=[Nb](=[O])[O-].[O]=[Nb](=[O])[O-].[O]=[Nb](=[O])[O-]. The molecule has 0 aliphatic carbocycles. The van der Waals surface area contributed by atoms with Gasteiger partial charge < -0.3 is 0 Å². The fourth-order valence-electron chi connectivity index (χ4n) is 0. The summed E-state index contributed by atoms with van der Waals surface area (Å²) in [5.74, 6) is 0. The second-order valence-electron chi connectivity index (χ2n) is 0.671. The molecule has 0 radical (unpaired) electrons. The molecule has 13 heavy (non-hydrogen) atoms. The number of hydrogen-bond acceptors (Lipinski definition) is 9. The molecule has 0 aromatic heterocycles. The van der Waals surface area contributed by atoms with Gasteiger partial charge in [-0.3, -0.25) is 0 Å². The van der Waals surface area contributed by atoms with E-state index >= 15 is 0 Å². The molecule has 0 unspecified atom stereocenters. The van der Waals surface area contributed by atoms with Crippen LogP contribution in [0.2, 0.25) is 0 Å². The van der Waals surface area contributed by atoms with Crippen molar-refractivity contribution in [3.05, 3.63) is 0 Å². The summed E-state index contributed by atoms with van der Waals surface area (Å²) in [4.78, 5) is 0. The first kappa shape index (κ1) is 24.4. The van der Waals surface area contributed by atoms with Gasteiger partial charge in [-0.15, -0.1) is 0 Å². The molecule has 0 amide bonds. The van der Waals surface area contributed by atoms with Crippen LogP contribution in [-0.4, -0.2) is 0 Å². The summed E-state index contributed by atoms with van der Waals surface area (Å²) < 4.78 is 77.4. The molecule has 0 aromatic rings. The van der Waals surface area contributed by atoms with Crippen LogP contribution in [0.1, 0.15) is 0 Å². The molecule has 0 N–H and O–H groups in total. The van der Waals surface area contributed by atoms with Crippen LogP contribution in [0.15, 0.2) is 0 Å². The molecule has 0 aliphatic heterocycles. The van der Waals surface area contributed by atoms with Crippen molar-refractivity contribution in [2.24, 2.45) is 0 Å². The molecule has 9 nitrogen and oxygen atoms in total. The average molecular weight is 562 g/mol. The van der Waals surface area contributed by atoms with E-state index in [2.05, 4.69) is 0 Å². The van der Waals surface area contributed by atoms with Crippen LogP contribution in [0.3, 0.4) is 0 Å². The Bertz CT molecular complexity index is 208. The van der Waals surface area contributed by atoms with Gasteiger partial charge in [-0.2, -0.15) is 0 Å². The van der Waals surface area contributed by atoms with Crippen LogP contribution < -0.4 is 10.8 Å². The van der Waals surface area contributed by atoms with Gasteiger partial charge in [0.2, 0.25) is 0 Å². The van der Waals surface area contributed by atoms with Crippen molar-refractivity contribution in [1.29, 1.82) is 0 Å². The molecule has 0 bridgehead atoms. The van der Waals surface area contributed by atoms with E-state index in [0.717, 1.165) is 0 Å². The summed E-state index contributed by atoms with van der Waals surface area (Å²) in [6.07, 6.45) is 0. The van der Waals surface area contributed by atoms with Crippen LogP contribution in [0.5, 0.6) is 0 Å². The quantitative estimate of drug-likeness (QED) is 0.265. The Morgan fingerprint density at radius 3 is 0.538 bits per heavy atom. The summed E-state index contributed by atoms with van der Waals surface area (Å²) in [5, 5.41) is 0. The summed E-state index contributed by atoms with van der Waals surface area (Å²) in [6, 6.07) is 0. The fourth-order valence-corrected chi connectivity index (χ4v) is 0. The second-order valence-corrected chi connectivity index (χ2v) is 3.97. The molecule has 0 spiro atoms. The first-order chi connectivity index (χ1) is 5.20. The van der Waals surface area contributed by atoms with Gasteiger partial charge in [0.05, 0.1) is 0 Å². The van der Waals surface area contributed by atoms with Gasteiger partial charge in [0.1, 0.15) is 0 Å². The van der Waals surface area contributed by atoms with Crippen LogP contribution in [-0.2, 0) is 75.9 Å². The van der Waals surface area contributed by atoms with Crippen molar-refractivity contribution in [2.75, 3.05) is 0 Å². The minimum absolute atomic E-state index is 0. The summed E-state index contributed by atoms with van der Waals surface area (Å²) in [5.41, 5.74) is 0. The molecule has 72 valence electrons. The third-order valence-electron chi connectivity index (χ3n) is 0. The summed E-state index contributed by atoms with van der Waals surface area (Å²) >= 11 is -12.6. The van der Waals surface area contributed by atoms with E-state index in [1.54, 1.807) is 0 Å². The first-order valence-corrected chi connectivity index (χ1v) is 9.72. The molecule has 13 heteroatoms. The van der Waals surface area contributed by atoms with Crippen LogP contribution in [0.4, 0.5) is 0 Å². The van der Waals surface area contributed by atoms with Crippen molar-refractivity contribution in [1.82, 2.24) is 0 Å². The predicted molar refractivity (Wildman–Crippen MR) is 4.12 cm³/mol. The van der Waals surface area contributed by atoms with E-state index in [4.69, 9.17) is 30.3 Å². The average Bonchev–Trinajstić information content (AvgIpc) is 1.54. The topological polar surface area (TPSA) is 172 Å². The predicted octanol–water partition coefficient (Wildman–Crippen LogP) is -4.29. The van der Waals surface area contributed by atoms with E-state index in [9.17, 15) is 0 Å². The molecular formula is LaNb3O9. The zero-order chi connectivity index (χ0) is 10.7. The van der Waals surface area contributed by atoms with Crippen molar-refractivity contribution >= 4 is 0 Å².